The molecule has 37 heavy (non-hydrogen) atoms. The van der Waals surface area contributed by atoms with Gasteiger partial charge in [-0.15, -0.1) is 0 Å². The van der Waals surface area contributed by atoms with E-state index in [0.29, 0.717) is 41.5 Å². The molecule has 0 unspecified atom stereocenters. The van der Waals surface area contributed by atoms with Crippen molar-refractivity contribution in [3.8, 4) is 22.9 Å². The molecule has 0 saturated carbocycles. The van der Waals surface area contributed by atoms with E-state index < -0.39 is 5.82 Å². The van der Waals surface area contributed by atoms with Crippen LogP contribution in [0.5, 0.6) is 11.5 Å². The molecule has 0 saturated heterocycles. The predicted octanol–water partition coefficient (Wildman–Crippen LogP) is 5.09. The van der Waals surface area contributed by atoms with E-state index >= 15 is 4.39 Å². The van der Waals surface area contributed by atoms with Gasteiger partial charge in [-0.25, -0.2) is 14.4 Å². The van der Waals surface area contributed by atoms with E-state index in [0.717, 1.165) is 0 Å². The minimum absolute atomic E-state index is 0.126. The molecule has 2 N–H and O–H groups in total. The van der Waals surface area contributed by atoms with Crippen molar-refractivity contribution in [3.63, 3.8) is 0 Å². The van der Waals surface area contributed by atoms with Gasteiger partial charge in [0.25, 0.3) is 5.91 Å². The SMILES string of the molecule is CCOc1ccc2nc(-c3cccc(OCC(=O)NC(C)(C)C)c3)nc(Nc3cnn(CC)c3)c2c1F. The smallest absolute Gasteiger partial charge is 0.258 e. The third-order valence-electron chi connectivity index (χ3n) is 5.26. The molecule has 4 rings (SSSR count). The average Bonchev–Trinajstić information content (AvgIpc) is 3.31. The first-order valence-electron chi connectivity index (χ1n) is 12.1. The molecule has 0 fully saturated rings. The van der Waals surface area contributed by atoms with Gasteiger partial charge >= 0.3 is 0 Å². The van der Waals surface area contributed by atoms with Crippen molar-refractivity contribution in [3.05, 3.63) is 54.6 Å². The zero-order chi connectivity index (χ0) is 26.6. The second-order valence-electron chi connectivity index (χ2n) is 9.43. The van der Waals surface area contributed by atoms with Gasteiger partial charge in [-0.3, -0.25) is 9.48 Å². The summed E-state index contributed by atoms with van der Waals surface area (Å²) >= 11 is 0. The van der Waals surface area contributed by atoms with Crippen LogP contribution in [-0.4, -0.2) is 44.4 Å². The van der Waals surface area contributed by atoms with Crippen LogP contribution in [0.25, 0.3) is 22.3 Å². The minimum atomic E-state index is -0.543. The molecular formula is C27H31FN6O3. The number of aromatic nitrogens is 4. The fourth-order valence-corrected chi connectivity index (χ4v) is 3.72. The van der Waals surface area contributed by atoms with Crippen LogP contribution in [0.1, 0.15) is 34.6 Å². The monoisotopic (exact) mass is 506 g/mol. The van der Waals surface area contributed by atoms with Crippen molar-refractivity contribution in [1.82, 2.24) is 25.1 Å². The molecule has 2 aromatic carbocycles. The summed E-state index contributed by atoms with van der Waals surface area (Å²) in [6.45, 7) is 10.4. The lowest BCUT2D eigenvalue weighted by atomic mass is 10.1. The van der Waals surface area contributed by atoms with Crippen molar-refractivity contribution < 1.29 is 18.7 Å². The van der Waals surface area contributed by atoms with Gasteiger partial charge in [0.15, 0.2) is 24.0 Å². The van der Waals surface area contributed by atoms with E-state index in [-0.39, 0.29) is 35.0 Å². The maximum atomic E-state index is 15.5. The van der Waals surface area contributed by atoms with Crippen molar-refractivity contribution >= 4 is 28.3 Å². The van der Waals surface area contributed by atoms with Crippen LogP contribution in [0, 0.1) is 5.82 Å². The topological polar surface area (TPSA) is 103 Å². The van der Waals surface area contributed by atoms with Crippen LogP contribution in [0.4, 0.5) is 15.9 Å². The van der Waals surface area contributed by atoms with Gasteiger partial charge in [-0.2, -0.15) is 5.10 Å². The highest BCUT2D eigenvalue weighted by Crippen LogP contribution is 2.34. The summed E-state index contributed by atoms with van der Waals surface area (Å²) in [4.78, 5) is 21.4. The lowest BCUT2D eigenvalue weighted by molar-refractivity contribution is -0.124. The van der Waals surface area contributed by atoms with Gasteiger partial charge in [0.05, 0.1) is 29.4 Å². The zero-order valence-electron chi connectivity index (χ0n) is 21.6. The number of nitrogens with zero attached hydrogens (tertiary/aromatic N) is 4. The number of hydrogen-bond donors (Lipinski definition) is 2. The number of carbonyl (C=O) groups excluding carboxylic acids is 1. The quantitative estimate of drug-likeness (QED) is 0.326. The normalized spacial score (nSPS) is 11.4. The predicted molar refractivity (Wildman–Crippen MR) is 141 cm³/mol. The summed E-state index contributed by atoms with van der Waals surface area (Å²) in [5, 5.41) is 10.5. The Morgan fingerprint density at radius 3 is 2.62 bits per heavy atom. The molecule has 2 aromatic heterocycles. The Morgan fingerprint density at radius 1 is 1.11 bits per heavy atom. The van der Waals surface area contributed by atoms with Gasteiger partial charge in [0.2, 0.25) is 0 Å². The maximum Gasteiger partial charge on any atom is 0.258 e. The van der Waals surface area contributed by atoms with E-state index in [2.05, 4.69) is 25.7 Å². The number of aryl methyl sites for hydroxylation is 1. The molecule has 0 radical (unpaired) electrons. The number of nitrogens with one attached hydrogen (secondary N) is 2. The van der Waals surface area contributed by atoms with Crippen LogP contribution in [-0.2, 0) is 11.3 Å². The Kier molecular flexibility index (Phi) is 7.56. The summed E-state index contributed by atoms with van der Waals surface area (Å²) in [6.07, 6.45) is 3.47. The Balaban J connectivity index is 1.71. The highest BCUT2D eigenvalue weighted by Gasteiger charge is 2.19. The third kappa shape index (κ3) is 6.32. The molecule has 0 aliphatic rings. The van der Waals surface area contributed by atoms with E-state index in [1.54, 1.807) is 48.1 Å². The van der Waals surface area contributed by atoms with Gasteiger partial charge in [0.1, 0.15) is 11.6 Å². The average molecular weight is 507 g/mol. The van der Waals surface area contributed by atoms with E-state index in [1.807, 2.05) is 40.0 Å². The highest BCUT2D eigenvalue weighted by molar-refractivity contribution is 5.94. The molecule has 1 amide bonds. The second kappa shape index (κ2) is 10.8. The first kappa shape index (κ1) is 25.9. The van der Waals surface area contributed by atoms with Crippen molar-refractivity contribution in [2.45, 2.75) is 46.7 Å². The lowest BCUT2D eigenvalue weighted by Crippen LogP contribution is -2.43. The van der Waals surface area contributed by atoms with Crippen LogP contribution < -0.4 is 20.1 Å². The zero-order valence-corrected chi connectivity index (χ0v) is 21.6. The number of carbonyl (C=O) groups is 1. The van der Waals surface area contributed by atoms with E-state index in [9.17, 15) is 4.79 Å². The number of amides is 1. The van der Waals surface area contributed by atoms with Crippen LogP contribution in [0.15, 0.2) is 48.8 Å². The number of anilines is 2. The van der Waals surface area contributed by atoms with E-state index in [4.69, 9.17) is 9.47 Å². The molecule has 2 heterocycles. The molecule has 0 spiro atoms. The van der Waals surface area contributed by atoms with E-state index in [1.165, 1.54) is 0 Å². The summed E-state index contributed by atoms with van der Waals surface area (Å²) in [5.74, 6) is 0.499. The van der Waals surface area contributed by atoms with Gasteiger partial charge in [-0.05, 0) is 58.9 Å². The van der Waals surface area contributed by atoms with Crippen LogP contribution >= 0.6 is 0 Å². The minimum Gasteiger partial charge on any atom is -0.491 e. The van der Waals surface area contributed by atoms with Crippen LogP contribution in [0.3, 0.4) is 0 Å². The maximum absolute atomic E-state index is 15.5. The first-order valence-corrected chi connectivity index (χ1v) is 12.1. The van der Waals surface area contributed by atoms with Gasteiger partial charge in [-0.1, -0.05) is 12.1 Å². The Morgan fingerprint density at radius 2 is 1.92 bits per heavy atom. The van der Waals surface area contributed by atoms with Gasteiger partial charge < -0.3 is 20.1 Å². The summed E-state index contributed by atoms with van der Waals surface area (Å²) in [5.41, 5.74) is 1.37. The molecule has 9 nitrogen and oxygen atoms in total. The van der Waals surface area contributed by atoms with Gasteiger partial charge in [0, 0.05) is 23.8 Å². The number of halogens is 1. The number of fused-ring (bicyclic) bond motifs is 1. The summed E-state index contributed by atoms with van der Waals surface area (Å²) < 4.78 is 28.4. The fourth-order valence-electron chi connectivity index (χ4n) is 3.72. The Bertz CT molecular complexity index is 1410. The van der Waals surface area contributed by atoms with Crippen molar-refractivity contribution in [1.29, 1.82) is 0 Å². The largest absolute Gasteiger partial charge is 0.491 e. The number of hydrogen-bond acceptors (Lipinski definition) is 7. The molecule has 0 atom stereocenters. The van der Waals surface area contributed by atoms with Crippen LogP contribution in [0.2, 0.25) is 0 Å². The van der Waals surface area contributed by atoms with Crippen molar-refractivity contribution in [2.75, 3.05) is 18.5 Å². The summed E-state index contributed by atoms with van der Waals surface area (Å²) in [6, 6.07) is 10.4. The highest BCUT2D eigenvalue weighted by atomic mass is 19.1. The molecule has 4 aromatic rings. The third-order valence-corrected chi connectivity index (χ3v) is 5.26. The molecule has 194 valence electrons. The Hall–Kier alpha value is -4.21. The number of rotatable bonds is 9. The fraction of sp³-hybridized carbons (Fsp3) is 0.333. The number of benzene rings is 2. The number of ether oxygens (including phenoxy) is 2. The summed E-state index contributed by atoms with van der Waals surface area (Å²) in [7, 11) is 0. The molecule has 0 aliphatic heterocycles. The molecule has 0 aliphatic carbocycles. The molecule has 10 heteroatoms. The Labute approximate surface area is 215 Å². The van der Waals surface area contributed by atoms with Crippen molar-refractivity contribution in [2.24, 2.45) is 0 Å². The lowest BCUT2D eigenvalue weighted by Gasteiger charge is -2.20. The molecule has 0 bridgehead atoms. The molecular weight excluding hydrogens is 475 g/mol. The first-order chi connectivity index (χ1) is 17.7. The second-order valence-corrected chi connectivity index (χ2v) is 9.43. The standard InChI is InChI=1S/C27H31FN6O3/c1-6-34-15-18(14-29-34)30-26-23-20(11-12-21(24(23)28)36-7-2)31-25(32-26)17-9-8-10-19(13-17)37-16-22(35)33-27(3,4)5/h8-15H,6-7,16H2,1-5H3,(H,33,35)(H,30,31,32).